The summed E-state index contributed by atoms with van der Waals surface area (Å²) in [7, 11) is 0. The van der Waals surface area contributed by atoms with E-state index in [1.807, 2.05) is 48.5 Å². The molecule has 1 atom stereocenters. The van der Waals surface area contributed by atoms with Crippen molar-refractivity contribution < 1.29 is 5.11 Å². The molecular formula is C16H12Br2N2O. The van der Waals surface area contributed by atoms with Crippen molar-refractivity contribution >= 4 is 31.9 Å². The topological polar surface area (TPSA) is 48.9 Å². The first-order chi connectivity index (χ1) is 10.1. The molecule has 0 unspecified atom stereocenters. The smallest absolute Gasteiger partial charge is 0.140 e. The van der Waals surface area contributed by atoms with E-state index in [1.165, 1.54) is 0 Å². The van der Waals surface area contributed by atoms with Crippen LogP contribution in [0.1, 0.15) is 17.5 Å². The van der Waals surface area contributed by atoms with Gasteiger partial charge in [-0.25, -0.2) is 4.98 Å². The molecule has 0 saturated carbocycles. The largest absolute Gasteiger partial charge is 0.380 e. The number of benzene rings is 2. The van der Waals surface area contributed by atoms with Gasteiger partial charge >= 0.3 is 0 Å². The van der Waals surface area contributed by atoms with Crippen LogP contribution >= 0.6 is 31.9 Å². The molecule has 0 amide bonds. The fraction of sp³-hybridized carbons (Fsp3) is 0.0625. The lowest BCUT2D eigenvalue weighted by molar-refractivity contribution is 0.211. The minimum atomic E-state index is -0.762. The van der Waals surface area contributed by atoms with Crippen LogP contribution in [0.2, 0.25) is 0 Å². The van der Waals surface area contributed by atoms with Crippen LogP contribution < -0.4 is 0 Å². The maximum Gasteiger partial charge on any atom is 0.140 e. The monoisotopic (exact) mass is 406 g/mol. The lowest BCUT2D eigenvalue weighted by Crippen LogP contribution is -2.01. The van der Waals surface area contributed by atoms with Crippen molar-refractivity contribution in [3.05, 3.63) is 75.1 Å². The zero-order valence-corrected chi connectivity index (χ0v) is 14.1. The number of hydrogen-bond donors (Lipinski definition) is 2. The lowest BCUT2D eigenvalue weighted by Gasteiger charge is -2.08. The number of imidazole rings is 1. The van der Waals surface area contributed by atoms with E-state index in [0.29, 0.717) is 5.82 Å². The average Bonchev–Trinajstić information content (AvgIpc) is 2.98. The van der Waals surface area contributed by atoms with Gasteiger partial charge in [-0.3, -0.25) is 0 Å². The summed E-state index contributed by atoms with van der Waals surface area (Å²) in [5, 5.41) is 10.4. The highest BCUT2D eigenvalue weighted by Gasteiger charge is 2.14. The maximum absolute atomic E-state index is 10.4. The molecule has 0 aliphatic rings. The third-order valence-corrected chi connectivity index (χ3v) is 4.25. The molecule has 0 spiro atoms. The van der Waals surface area contributed by atoms with Gasteiger partial charge < -0.3 is 10.1 Å². The second kappa shape index (κ2) is 6.13. The molecule has 0 fully saturated rings. The number of aliphatic hydroxyl groups is 1. The maximum atomic E-state index is 10.4. The van der Waals surface area contributed by atoms with E-state index in [9.17, 15) is 5.11 Å². The fourth-order valence-electron chi connectivity index (χ4n) is 2.05. The van der Waals surface area contributed by atoms with E-state index >= 15 is 0 Å². The first-order valence-corrected chi connectivity index (χ1v) is 7.96. The van der Waals surface area contributed by atoms with Crippen molar-refractivity contribution in [2.24, 2.45) is 0 Å². The summed E-state index contributed by atoms with van der Waals surface area (Å²) in [6.07, 6.45) is 0.975. The summed E-state index contributed by atoms with van der Waals surface area (Å²) in [5.41, 5.74) is 2.71. The first kappa shape index (κ1) is 14.5. The van der Waals surface area contributed by atoms with Gasteiger partial charge in [0.1, 0.15) is 11.9 Å². The van der Waals surface area contributed by atoms with Crippen molar-refractivity contribution in [3.63, 3.8) is 0 Å². The number of rotatable bonds is 3. The summed E-state index contributed by atoms with van der Waals surface area (Å²) < 4.78 is 2.01. The van der Waals surface area contributed by atoms with Gasteiger partial charge in [-0.2, -0.15) is 0 Å². The van der Waals surface area contributed by atoms with Crippen molar-refractivity contribution in [2.75, 3.05) is 0 Å². The minimum absolute atomic E-state index is 0.537. The number of nitrogens with zero attached hydrogens (tertiary/aromatic N) is 1. The van der Waals surface area contributed by atoms with Gasteiger partial charge in [0, 0.05) is 8.95 Å². The lowest BCUT2D eigenvalue weighted by atomic mass is 10.1. The molecule has 3 aromatic rings. The number of aromatic nitrogens is 2. The van der Waals surface area contributed by atoms with Crippen LogP contribution in [0.25, 0.3) is 11.3 Å². The average molecular weight is 408 g/mol. The van der Waals surface area contributed by atoms with Crippen LogP contribution in [0.5, 0.6) is 0 Å². The van der Waals surface area contributed by atoms with E-state index in [2.05, 4.69) is 41.8 Å². The summed E-state index contributed by atoms with van der Waals surface area (Å²) in [4.78, 5) is 7.46. The van der Waals surface area contributed by atoms with Crippen molar-refractivity contribution in [3.8, 4) is 11.3 Å². The molecule has 2 aromatic carbocycles. The van der Waals surface area contributed by atoms with Crippen molar-refractivity contribution in [1.29, 1.82) is 0 Å². The molecule has 5 heteroatoms. The Bertz CT molecular complexity index is 736. The van der Waals surface area contributed by atoms with Gasteiger partial charge in [0.05, 0.1) is 11.9 Å². The molecule has 1 heterocycles. The summed E-state index contributed by atoms with van der Waals surface area (Å²) in [6.45, 7) is 0. The fourth-order valence-corrected chi connectivity index (χ4v) is 2.58. The van der Waals surface area contributed by atoms with Crippen LogP contribution in [-0.2, 0) is 0 Å². The Labute approximate surface area is 139 Å². The Kier molecular flexibility index (Phi) is 4.24. The Hall–Kier alpha value is -1.43. The highest BCUT2D eigenvalue weighted by molar-refractivity contribution is 9.10. The number of H-pyrrole nitrogens is 1. The zero-order valence-electron chi connectivity index (χ0n) is 10.9. The quantitative estimate of drug-likeness (QED) is 0.661. The standard InChI is InChI=1S/C16H12Br2N2O/c17-12-5-1-10(2-6-12)14-9-19-16(20-14)15(21)11-3-7-13(18)8-4-11/h1-9,15,21H,(H,19,20)/t15-/m0/s1. The minimum Gasteiger partial charge on any atom is -0.380 e. The van der Waals surface area contributed by atoms with Gasteiger partial charge in [0.2, 0.25) is 0 Å². The number of nitrogens with one attached hydrogen (secondary N) is 1. The molecule has 0 radical (unpaired) electrons. The van der Waals surface area contributed by atoms with E-state index in [-0.39, 0.29) is 0 Å². The highest BCUT2D eigenvalue weighted by atomic mass is 79.9. The van der Waals surface area contributed by atoms with Crippen molar-refractivity contribution in [1.82, 2.24) is 9.97 Å². The normalized spacial score (nSPS) is 12.3. The Morgan fingerprint density at radius 1 is 0.905 bits per heavy atom. The molecule has 21 heavy (non-hydrogen) atoms. The number of aliphatic hydroxyl groups excluding tert-OH is 1. The number of hydrogen-bond acceptors (Lipinski definition) is 2. The molecule has 3 rings (SSSR count). The van der Waals surface area contributed by atoms with Gasteiger partial charge in [-0.15, -0.1) is 0 Å². The van der Waals surface area contributed by atoms with Gasteiger partial charge in [-0.05, 0) is 35.4 Å². The Morgan fingerprint density at radius 2 is 1.48 bits per heavy atom. The molecule has 0 aliphatic heterocycles. The second-order valence-corrected chi connectivity index (χ2v) is 6.47. The molecule has 1 aromatic heterocycles. The zero-order chi connectivity index (χ0) is 14.8. The van der Waals surface area contributed by atoms with Crippen molar-refractivity contribution in [2.45, 2.75) is 6.10 Å². The molecule has 3 nitrogen and oxygen atoms in total. The molecular weight excluding hydrogens is 396 g/mol. The summed E-state index contributed by atoms with van der Waals surface area (Å²) >= 11 is 6.80. The molecule has 0 bridgehead atoms. The Morgan fingerprint density at radius 3 is 2.10 bits per heavy atom. The molecule has 0 saturated heterocycles. The summed E-state index contributed by atoms with van der Waals surface area (Å²) in [6, 6.07) is 15.5. The predicted octanol–water partition coefficient (Wildman–Crippen LogP) is 4.68. The Balaban J connectivity index is 1.87. The first-order valence-electron chi connectivity index (χ1n) is 6.38. The molecule has 0 aliphatic carbocycles. The second-order valence-electron chi connectivity index (χ2n) is 4.64. The van der Waals surface area contributed by atoms with Crippen LogP contribution in [0.15, 0.2) is 63.7 Å². The summed E-state index contributed by atoms with van der Waals surface area (Å²) in [5.74, 6) is 0.537. The van der Waals surface area contributed by atoms with Crippen LogP contribution in [0, 0.1) is 0 Å². The van der Waals surface area contributed by atoms with E-state index in [4.69, 9.17) is 0 Å². The van der Waals surface area contributed by atoms with E-state index in [1.54, 1.807) is 6.20 Å². The van der Waals surface area contributed by atoms with Crippen LogP contribution in [-0.4, -0.2) is 15.1 Å². The predicted molar refractivity (Wildman–Crippen MR) is 89.9 cm³/mol. The van der Waals surface area contributed by atoms with Gasteiger partial charge in [0.25, 0.3) is 0 Å². The number of aromatic amines is 1. The molecule has 106 valence electrons. The highest BCUT2D eigenvalue weighted by Crippen LogP contribution is 2.25. The van der Waals surface area contributed by atoms with E-state index in [0.717, 1.165) is 25.8 Å². The molecule has 2 N–H and O–H groups in total. The van der Waals surface area contributed by atoms with Crippen LogP contribution in [0.3, 0.4) is 0 Å². The van der Waals surface area contributed by atoms with E-state index < -0.39 is 6.10 Å². The third kappa shape index (κ3) is 3.26. The van der Waals surface area contributed by atoms with Gasteiger partial charge in [0.15, 0.2) is 0 Å². The SMILES string of the molecule is O[C@@H](c1ccc(Br)cc1)c1ncc(-c2ccc(Br)cc2)[nH]1. The van der Waals surface area contributed by atoms with Crippen LogP contribution in [0.4, 0.5) is 0 Å². The number of halogens is 2. The van der Waals surface area contributed by atoms with Gasteiger partial charge in [-0.1, -0.05) is 56.1 Å². The third-order valence-electron chi connectivity index (χ3n) is 3.20.